The molecule has 110 valence electrons. The van der Waals surface area contributed by atoms with Crippen molar-refractivity contribution >= 4 is 0 Å². The summed E-state index contributed by atoms with van der Waals surface area (Å²) in [6.07, 6.45) is 6.06. The maximum atomic E-state index is 5.88. The molecule has 1 aromatic rings. The van der Waals surface area contributed by atoms with Gasteiger partial charge in [-0.15, -0.1) is 0 Å². The molecule has 1 heterocycles. The molecule has 5 heteroatoms. The number of rotatable bonds is 8. The molecule has 1 unspecified atom stereocenters. The summed E-state index contributed by atoms with van der Waals surface area (Å²) < 4.78 is 1.83. The van der Waals surface area contributed by atoms with E-state index in [9.17, 15) is 0 Å². The van der Waals surface area contributed by atoms with Gasteiger partial charge in [-0.3, -0.25) is 20.9 Å². The average Bonchev–Trinajstić information content (AvgIpc) is 2.85. The van der Waals surface area contributed by atoms with Crippen LogP contribution in [-0.2, 0) is 7.05 Å². The first-order chi connectivity index (χ1) is 9.09. The highest BCUT2D eigenvalue weighted by atomic mass is 15.3. The first-order valence-corrected chi connectivity index (χ1v) is 7.29. The van der Waals surface area contributed by atoms with E-state index in [1.807, 2.05) is 24.1 Å². The Kier molecular flexibility index (Phi) is 5.97. The van der Waals surface area contributed by atoms with Crippen LogP contribution in [0.5, 0.6) is 0 Å². The SMILES string of the molecule is CCN(CC)C(CC)(CC)C(NN)c1cnn(C)c1. The molecule has 0 aliphatic rings. The van der Waals surface area contributed by atoms with Crippen molar-refractivity contribution in [2.75, 3.05) is 13.1 Å². The molecule has 0 amide bonds. The van der Waals surface area contributed by atoms with Crippen LogP contribution in [0.2, 0.25) is 0 Å². The van der Waals surface area contributed by atoms with E-state index in [4.69, 9.17) is 5.84 Å². The third-order valence-electron chi connectivity index (χ3n) is 4.38. The predicted molar refractivity (Wildman–Crippen MR) is 79.5 cm³/mol. The Morgan fingerprint density at radius 3 is 2.21 bits per heavy atom. The second-order valence-corrected chi connectivity index (χ2v) is 5.03. The summed E-state index contributed by atoms with van der Waals surface area (Å²) in [4.78, 5) is 2.50. The van der Waals surface area contributed by atoms with Crippen molar-refractivity contribution in [2.24, 2.45) is 12.9 Å². The van der Waals surface area contributed by atoms with Gasteiger partial charge in [-0.05, 0) is 25.9 Å². The molecule has 1 atom stereocenters. The fourth-order valence-electron chi connectivity index (χ4n) is 3.29. The van der Waals surface area contributed by atoms with E-state index < -0.39 is 0 Å². The number of hydrogen-bond acceptors (Lipinski definition) is 4. The molecule has 3 N–H and O–H groups in total. The van der Waals surface area contributed by atoms with Crippen LogP contribution in [0.4, 0.5) is 0 Å². The molecule has 0 saturated carbocycles. The Hall–Kier alpha value is -0.910. The average molecular weight is 267 g/mol. The van der Waals surface area contributed by atoms with E-state index in [0.717, 1.165) is 31.5 Å². The van der Waals surface area contributed by atoms with Gasteiger partial charge in [0, 0.05) is 24.3 Å². The Morgan fingerprint density at radius 2 is 1.89 bits per heavy atom. The smallest absolute Gasteiger partial charge is 0.0674 e. The van der Waals surface area contributed by atoms with Gasteiger partial charge in [0.25, 0.3) is 0 Å². The van der Waals surface area contributed by atoms with E-state index in [-0.39, 0.29) is 11.6 Å². The molecular formula is C14H29N5. The number of hydrogen-bond donors (Lipinski definition) is 2. The summed E-state index contributed by atoms with van der Waals surface area (Å²) in [6.45, 7) is 10.9. The fourth-order valence-corrected chi connectivity index (χ4v) is 3.29. The van der Waals surface area contributed by atoms with Gasteiger partial charge in [0.2, 0.25) is 0 Å². The molecule has 0 aromatic carbocycles. The zero-order valence-corrected chi connectivity index (χ0v) is 13.0. The maximum absolute atomic E-state index is 5.88. The minimum atomic E-state index is 0.0291. The van der Waals surface area contributed by atoms with Crippen molar-refractivity contribution in [3.05, 3.63) is 18.0 Å². The Labute approximate surface area is 117 Å². The second kappa shape index (κ2) is 7.03. The second-order valence-electron chi connectivity index (χ2n) is 5.03. The van der Waals surface area contributed by atoms with Gasteiger partial charge in [-0.1, -0.05) is 27.7 Å². The number of nitrogens with zero attached hydrogens (tertiary/aromatic N) is 3. The van der Waals surface area contributed by atoms with Crippen molar-refractivity contribution in [1.29, 1.82) is 0 Å². The van der Waals surface area contributed by atoms with E-state index in [1.54, 1.807) is 0 Å². The molecule has 1 rings (SSSR count). The largest absolute Gasteiger partial charge is 0.296 e. The fraction of sp³-hybridized carbons (Fsp3) is 0.786. The number of nitrogens with two attached hydrogens (primary N) is 1. The van der Waals surface area contributed by atoms with E-state index in [1.165, 1.54) is 0 Å². The number of aryl methyl sites for hydroxylation is 1. The number of likely N-dealkylation sites (N-methyl/N-ethyl adjacent to an activating group) is 1. The summed E-state index contributed by atoms with van der Waals surface area (Å²) in [5, 5.41) is 4.28. The summed E-state index contributed by atoms with van der Waals surface area (Å²) in [5.41, 5.74) is 4.21. The molecule has 0 aliphatic heterocycles. The third-order valence-corrected chi connectivity index (χ3v) is 4.38. The van der Waals surface area contributed by atoms with E-state index in [0.29, 0.717) is 0 Å². The van der Waals surface area contributed by atoms with Crippen LogP contribution in [0.15, 0.2) is 12.4 Å². The van der Waals surface area contributed by atoms with Gasteiger partial charge in [0.15, 0.2) is 0 Å². The zero-order chi connectivity index (χ0) is 14.5. The lowest BCUT2D eigenvalue weighted by Gasteiger charge is -2.47. The highest BCUT2D eigenvalue weighted by Gasteiger charge is 2.40. The summed E-state index contributed by atoms with van der Waals surface area (Å²) in [6, 6.07) is 0.0936. The first kappa shape index (κ1) is 16.1. The third kappa shape index (κ3) is 2.99. The summed E-state index contributed by atoms with van der Waals surface area (Å²) in [7, 11) is 1.94. The topological polar surface area (TPSA) is 59.1 Å². The lowest BCUT2D eigenvalue weighted by atomic mass is 9.80. The Bertz CT molecular complexity index is 366. The van der Waals surface area contributed by atoms with Crippen LogP contribution < -0.4 is 11.3 Å². The highest BCUT2D eigenvalue weighted by molar-refractivity contribution is 5.17. The van der Waals surface area contributed by atoms with Crippen molar-refractivity contribution in [3.63, 3.8) is 0 Å². The molecule has 0 aliphatic carbocycles. The van der Waals surface area contributed by atoms with Gasteiger partial charge in [0.1, 0.15) is 0 Å². The van der Waals surface area contributed by atoms with Crippen LogP contribution in [0, 0.1) is 0 Å². The van der Waals surface area contributed by atoms with Crippen LogP contribution in [-0.4, -0.2) is 33.3 Å². The van der Waals surface area contributed by atoms with Crippen LogP contribution in [0.1, 0.15) is 52.1 Å². The number of aromatic nitrogens is 2. The maximum Gasteiger partial charge on any atom is 0.0674 e. The minimum absolute atomic E-state index is 0.0291. The molecule has 0 radical (unpaired) electrons. The lowest BCUT2D eigenvalue weighted by molar-refractivity contribution is 0.0487. The zero-order valence-electron chi connectivity index (χ0n) is 13.0. The minimum Gasteiger partial charge on any atom is -0.296 e. The molecule has 0 saturated heterocycles. The Balaban J connectivity index is 3.20. The van der Waals surface area contributed by atoms with Crippen LogP contribution in [0.3, 0.4) is 0 Å². The molecule has 0 fully saturated rings. The number of nitrogens with one attached hydrogen (secondary N) is 1. The van der Waals surface area contributed by atoms with Crippen molar-refractivity contribution in [2.45, 2.75) is 52.1 Å². The molecular weight excluding hydrogens is 238 g/mol. The van der Waals surface area contributed by atoms with Crippen LogP contribution >= 0.6 is 0 Å². The summed E-state index contributed by atoms with van der Waals surface area (Å²) >= 11 is 0. The van der Waals surface area contributed by atoms with Crippen molar-refractivity contribution in [3.8, 4) is 0 Å². The van der Waals surface area contributed by atoms with Crippen LogP contribution in [0.25, 0.3) is 0 Å². The Morgan fingerprint density at radius 1 is 1.32 bits per heavy atom. The van der Waals surface area contributed by atoms with Gasteiger partial charge in [-0.25, -0.2) is 0 Å². The highest BCUT2D eigenvalue weighted by Crippen LogP contribution is 2.36. The number of hydrazine groups is 1. The van der Waals surface area contributed by atoms with Crippen molar-refractivity contribution in [1.82, 2.24) is 20.1 Å². The van der Waals surface area contributed by atoms with Gasteiger partial charge in [0.05, 0.1) is 12.2 Å². The molecule has 5 nitrogen and oxygen atoms in total. The standard InChI is InChI=1S/C14H29N5/c1-6-14(7-2,19(8-3)9-4)13(17-15)12-10-16-18(5)11-12/h10-11,13,17H,6-9,15H2,1-5H3. The van der Waals surface area contributed by atoms with Gasteiger partial charge in [-0.2, -0.15) is 5.10 Å². The first-order valence-electron chi connectivity index (χ1n) is 7.29. The predicted octanol–water partition coefficient (Wildman–Crippen LogP) is 1.83. The molecule has 19 heavy (non-hydrogen) atoms. The van der Waals surface area contributed by atoms with Crippen molar-refractivity contribution < 1.29 is 0 Å². The van der Waals surface area contributed by atoms with Gasteiger partial charge < -0.3 is 0 Å². The quantitative estimate of drug-likeness (QED) is 0.557. The van der Waals surface area contributed by atoms with E-state index in [2.05, 4.69) is 43.1 Å². The lowest BCUT2D eigenvalue weighted by Crippen LogP contribution is -2.57. The molecule has 1 aromatic heterocycles. The monoisotopic (exact) mass is 267 g/mol. The summed E-state index contributed by atoms with van der Waals surface area (Å²) in [5.74, 6) is 5.88. The van der Waals surface area contributed by atoms with E-state index >= 15 is 0 Å². The molecule has 0 bridgehead atoms. The molecule has 0 spiro atoms. The normalized spacial score (nSPS) is 14.1. The van der Waals surface area contributed by atoms with Gasteiger partial charge >= 0.3 is 0 Å².